The molecule has 0 radical (unpaired) electrons. The van der Waals surface area contributed by atoms with Crippen LogP contribution in [0.2, 0.25) is 0 Å². The van der Waals surface area contributed by atoms with Gasteiger partial charge in [0.25, 0.3) is 11.8 Å². The highest BCUT2D eigenvalue weighted by atomic mass is 32.1. The third-order valence-electron chi connectivity index (χ3n) is 7.50. The first kappa shape index (κ1) is 26.8. The number of carbonyl (C=O) groups excluding carboxylic acids is 2. The van der Waals surface area contributed by atoms with E-state index in [4.69, 9.17) is 0 Å². The van der Waals surface area contributed by atoms with Crippen molar-refractivity contribution in [3.05, 3.63) is 78.7 Å². The zero-order chi connectivity index (χ0) is 27.6. The van der Waals surface area contributed by atoms with Gasteiger partial charge in [0.05, 0.1) is 11.4 Å². The van der Waals surface area contributed by atoms with Gasteiger partial charge < -0.3 is 21.3 Å². The zero-order valence-corrected chi connectivity index (χ0v) is 24.3. The van der Waals surface area contributed by atoms with Crippen LogP contribution in [0.3, 0.4) is 0 Å². The minimum Gasteiger partial charge on any atom is -0.320 e. The average molecular weight is 573 g/mol. The van der Waals surface area contributed by atoms with Crippen molar-refractivity contribution < 1.29 is 9.59 Å². The fourth-order valence-corrected chi connectivity index (χ4v) is 7.22. The molecule has 2 aliphatic rings. The van der Waals surface area contributed by atoms with Gasteiger partial charge in [-0.1, -0.05) is 24.3 Å². The third kappa shape index (κ3) is 5.44. The predicted octanol–water partition coefficient (Wildman–Crippen LogP) is 5.46. The maximum absolute atomic E-state index is 13.1. The highest BCUT2D eigenvalue weighted by molar-refractivity contribution is 7.14. The Morgan fingerprint density at radius 3 is 1.62 bits per heavy atom. The smallest absolute Gasteiger partial charge is 0.284 e. The van der Waals surface area contributed by atoms with E-state index in [1.54, 1.807) is 0 Å². The van der Waals surface area contributed by atoms with E-state index in [1.165, 1.54) is 22.7 Å². The van der Waals surface area contributed by atoms with Crippen molar-refractivity contribution in [2.24, 2.45) is 0 Å². The Bertz CT molecular complexity index is 1430. The van der Waals surface area contributed by atoms with Gasteiger partial charge in [-0.2, -0.15) is 0 Å². The number of thiazole rings is 2. The van der Waals surface area contributed by atoms with Crippen LogP contribution in [0, 0.1) is 13.8 Å². The fourth-order valence-electron chi connectivity index (χ4n) is 5.27. The Morgan fingerprint density at radius 2 is 1.18 bits per heavy atom. The molecule has 0 atom stereocenters. The number of hydrogen-bond donors (Lipinski definition) is 4. The van der Waals surface area contributed by atoms with E-state index >= 15 is 0 Å². The van der Waals surface area contributed by atoms with Crippen LogP contribution in [0.5, 0.6) is 0 Å². The summed E-state index contributed by atoms with van der Waals surface area (Å²) in [5.41, 5.74) is 7.47. The Hall–Kier alpha value is -3.44. The molecule has 40 heavy (non-hydrogen) atoms. The molecule has 4 N–H and O–H groups in total. The number of nitrogens with one attached hydrogen (secondary N) is 4. The first-order valence-corrected chi connectivity index (χ1v) is 15.3. The third-order valence-corrected chi connectivity index (χ3v) is 9.70. The summed E-state index contributed by atoms with van der Waals surface area (Å²) in [4.78, 5) is 37.9. The second kappa shape index (κ2) is 11.6. The number of hydrogen-bond acceptors (Lipinski definition) is 8. The van der Waals surface area contributed by atoms with Gasteiger partial charge in [-0.3, -0.25) is 9.59 Å². The van der Waals surface area contributed by atoms with Crippen LogP contribution < -0.4 is 21.3 Å². The largest absolute Gasteiger partial charge is 0.320 e. The van der Waals surface area contributed by atoms with Crippen molar-refractivity contribution in [3.8, 4) is 11.1 Å². The molecule has 0 unspecified atom stereocenters. The van der Waals surface area contributed by atoms with Gasteiger partial charge in [-0.15, -0.1) is 22.7 Å². The van der Waals surface area contributed by atoms with E-state index in [2.05, 4.69) is 31.2 Å². The second-order valence-corrected chi connectivity index (χ2v) is 12.4. The molecule has 0 bridgehead atoms. The number of nitrogens with zero attached hydrogens (tertiary/aromatic N) is 2. The number of fused-ring (bicyclic) bond motifs is 2. The minimum atomic E-state index is -0.187. The normalized spacial score (nSPS) is 14.9. The zero-order valence-electron chi connectivity index (χ0n) is 22.6. The number of carbonyl (C=O) groups is 2. The van der Waals surface area contributed by atoms with Crippen molar-refractivity contribution in [2.45, 2.75) is 52.6 Å². The fraction of sp³-hybridized carbons (Fsp3) is 0.333. The standard InChI is InChI=1S/C30H32N6O2S2/c1-17-19(7-3-9-21(17)33-27(37)29-35-23-11-5-13-31-15-25(23)39-29)20-8-4-10-22(18(20)2)34-28(38)30-36-24-12-6-14-32-16-26(24)40-30/h3-4,7-10,31-32H,5-6,11-16H2,1-2H3,(H,33,37)(H,34,38). The van der Waals surface area contributed by atoms with Crippen molar-refractivity contribution in [3.63, 3.8) is 0 Å². The second-order valence-electron chi connectivity index (χ2n) is 10.2. The van der Waals surface area contributed by atoms with Crippen LogP contribution >= 0.6 is 22.7 Å². The molecule has 2 aliphatic heterocycles. The number of amides is 2. The summed E-state index contributed by atoms with van der Waals surface area (Å²) in [5.74, 6) is -0.374. The van der Waals surface area contributed by atoms with Crippen LogP contribution in [0.15, 0.2) is 36.4 Å². The number of anilines is 2. The average Bonchev–Trinajstić information content (AvgIpc) is 3.40. The maximum atomic E-state index is 13.1. The summed E-state index contributed by atoms with van der Waals surface area (Å²) in [7, 11) is 0. The van der Waals surface area contributed by atoms with Crippen LogP contribution in [0.4, 0.5) is 11.4 Å². The van der Waals surface area contributed by atoms with Crippen molar-refractivity contribution in [1.82, 2.24) is 20.6 Å². The lowest BCUT2D eigenvalue weighted by Crippen LogP contribution is -2.14. The molecule has 10 heteroatoms. The molecule has 0 aliphatic carbocycles. The highest BCUT2D eigenvalue weighted by Crippen LogP contribution is 2.34. The molecule has 4 aromatic rings. The van der Waals surface area contributed by atoms with Gasteiger partial charge in [0, 0.05) is 34.2 Å². The summed E-state index contributed by atoms with van der Waals surface area (Å²) in [6.45, 7) is 7.50. The highest BCUT2D eigenvalue weighted by Gasteiger charge is 2.21. The number of benzene rings is 2. The Labute approximate surface area is 241 Å². The molecule has 0 fully saturated rings. The molecule has 0 spiro atoms. The van der Waals surface area contributed by atoms with E-state index in [0.717, 1.165) is 107 Å². The van der Waals surface area contributed by atoms with Gasteiger partial charge in [0.1, 0.15) is 0 Å². The molecular weight excluding hydrogens is 541 g/mol. The van der Waals surface area contributed by atoms with Crippen molar-refractivity contribution in [2.75, 3.05) is 23.7 Å². The Balaban J connectivity index is 1.22. The summed E-state index contributed by atoms with van der Waals surface area (Å²) in [6, 6.07) is 11.8. The lowest BCUT2D eigenvalue weighted by atomic mass is 9.94. The van der Waals surface area contributed by atoms with Gasteiger partial charge in [-0.05, 0) is 87.0 Å². The molecule has 0 saturated heterocycles. The summed E-state index contributed by atoms with van der Waals surface area (Å²) < 4.78 is 0. The number of aromatic nitrogens is 2. The van der Waals surface area contributed by atoms with Gasteiger partial charge in [-0.25, -0.2) is 9.97 Å². The van der Waals surface area contributed by atoms with Crippen LogP contribution in [0.1, 0.15) is 64.7 Å². The molecule has 2 aromatic carbocycles. The molecular formula is C30H32N6O2S2. The van der Waals surface area contributed by atoms with Gasteiger partial charge in [0.2, 0.25) is 0 Å². The monoisotopic (exact) mass is 572 g/mol. The molecule has 6 rings (SSSR count). The first-order chi connectivity index (χ1) is 19.5. The van der Waals surface area contributed by atoms with Crippen LogP contribution in [-0.4, -0.2) is 34.9 Å². The molecule has 2 aromatic heterocycles. The predicted molar refractivity (Wildman–Crippen MR) is 162 cm³/mol. The number of rotatable bonds is 5. The summed E-state index contributed by atoms with van der Waals surface area (Å²) >= 11 is 2.93. The van der Waals surface area contributed by atoms with Crippen LogP contribution in [0.25, 0.3) is 11.1 Å². The van der Waals surface area contributed by atoms with Crippen LogP contribution in [-0.2, 0) is 25.9 Å². The molecule has 206 valence electrons. The van der Waals surface area contributed by atoms with E-state index in [1.807, 2.05) is 50.2 Å². The summed E-state index contributed by atoms with van der Waals surface area (Å²) in [6.07, 6.45) is 3.85. The Kier molecular flexibility index (Phi) is 7.75. The topological polar surface area (TPSA) is 108 Å². The SMILES string of the molecule is Cc1c(NC(=O)c2nc3c(s2)CNCCC3)cccc1-c1cccc(NC(=O)c2nc3c(s2)CNCCC3)c1C. The van der Waals surface area contributed by atoms with Gasteiger partial charge in [0.15, 0.2) is 10.0 Å². The Morgan fingerprint density at radius 1 is 0.725 bits per heavy atom. The van der Waals surface area contributed by atoms with E-state index in [0.29, 0.717) is 10.0 Å². The minimum absolute atomic E-state index is 0.187. The lowest BCUT2D eigenvalue weighted by molar-refractivity contribution is 0.101. The van der Waals surface area contributed by atoms with E-state index in [-0.39, 0.29) is 11.8 Å². The quantitative estimate of drug-likeness (QED) is 0.253. The lowest BCUT2D eigenvalue weighted by Gasteiger charge is -2.16. The van der Waals surface area contributed by atoms with Crippen molar-refractivity contribution >= 4 is 45.9 Å². The molecule has 8 nitrogen and oxygen atoms in total. The molecule has 2 amide bonds. The number of aryl methyl sites for hydroxylation is 2. The van der Waals surface area contributed by atoms with E-state index in [9.17, 15) is 9.59 Å². The van der Waals surface area contributed by atoms with E-state index < -0.39 is 0 Å². The van der Waals surface area contributed by atoms with Crippen molar-refractivity contribution in [1.29, 1.82) is 0 Å². The summed E-state index contributed by atoms with van der Waals surface area (Å²) in [5, 5.41) is 13.9. The van der Waals surface area contributed by atoms with Gasteiger partial charge >= 0.3 is 0 Å². The molecule has 0 saturated carbocycles. The maximum Gasteiger partial charge on any atom is 0.284 e. The molecule has 4 heterocycles. The first-order valence-electron chi connectivity index (χ1n) is 13.7.